The SMILES string of the molecule is CCOc1cc(C(=O)N2CCC[C@H](O)C2)ccc1Nc1cc2c(cn1)N(C)C(=O)c1scnc1N2C. The van der Waals surface area contributed by atoms with Gasteiger partial charge in [-0.2, -0.15) is 0 Å². The number of carbonyl (C=O) groups is 2. The number of likely N-dealkylation sites (tertiary alicyclic amines) is 1. The number of hydrogen-bond donors (Lipinski definition) is 2. The van der Waals surface area contributed by atoms with Crippen molar-refractivity contribution in [3.05, 3.63) is 46.4 Å². The number of anilines is 5. The number of amides is 2. The van der Waals surface area contributed by atoms with E-state index in [1.54, 1.807) is 46.8 Å². The fourth-order valence-electron chi connectivity index (χ4n) is 4.53. The van der Waals surface area contributed by atoms with E-state index in [9.17, 15) is 14.7 Å². The molecule has 2 aliphatic rings. The van der Waals surface area contributed by atoms with Crippen LogP contribution in [0, 0.1) is 0 Å². The standard InChI is InChI=1S/C25H28N6O4S/c1-4-35-20-10-15(24(33)31-9-5-6-16(32)13-31)7-8-17(20)28-21-11-18-19(12-26-21)30(3)25(34)22-23(29(18)2)27-14-36-22/h7-8,10-12,14,16,32H,4-6,9,13H2,1-3H3,(H,26,28)/t16-/m0/s1. The molecule has 188 valence electrons. The lowest BCUT2D eigenvalue weighted by Gasteiger charge is -2.30. The highest BCUT2D eigenvalue weighted by Gasteiger charge is 2.30. The van der Waals surface area contributed by atoms with Crippen LogP contribution in [0.15, 0.2) is 36.0 Å². The van der Waals surface area contributed by atoms with Crippen LogP contribution >= 0.6 is 11.3 Å². The topological polar surface area (TPSA) is 111 Å². The molecule has 1 aromatic carbocycles. The smallest absolute Gasteiger partial charge is 0.272 e. The number of thiazole rings is 1. The van der Waals surface area contributed by atoms with E-state index >= 15 is 0 Å². The summed E-state index contributed by atoms with van der Waals surface area (Å²) in [6.07, 6.45) is 2.67. The second-order valence-electron chi connectivity index (χ2n) is 8.80. The summed E-state index contributed by atoms with van der Waals surface area (Å²) in [4.78, 5) is 40.5. The van der Waals surface area contributed by atoms with E-state index in [-0.39, 0.29) is 11.8 Å². The largest absolute Gasteiger partial charge is 0.492 e. The first kappa shape index (κ1) is 24.0. The van der Waals surface area contributed by atoms with Gasteiger partial charge in [0.15, 0.2) is 5.82 Å². The second-order valence-corrected chi connectivity index (χ2v) is 9.66. The Morgan fingerprint density at radius 3 is 2.83 bits per heavy atom. The van der Waals surface area contributed by atoms with E-state index < -0.39 is 6.10 Å². The molecule has 1 saturated heterocycles. The van der Waals surface area contributed by atoms with Crippen molar-refractivity contribution in [3.63, 3.8) is 0 Å². The lowest BCUT2D eigenvalue weighted by atomic mass is 10.1. The van der Waals surface area contributed by atoms with Crippen molar-refractivity contribution >= 4 is 51.8 Å². The molecule has 10 nitrogen and oxygen atoms in total. The number of aliphatic hydroxyl groups excluding tert-OH is 1. The Bertz CT molecular complexity index is 1310. The van der Waals surface area contributed by atoms with Gasteiger partial charge in [0.2, 0.25) is 0 Å². The van der Waals surface area contributed by atoms with Gasteiger partial charge in [0, 0.05) is 38.8 Å². The Kier molecular flexibility index (Phi) is 6.50. The van der Waals surface area contributed by atoms with Gasteiger partial charge in [0.05, 0.1) is 41.5 Å². The number of rotatable bonds is 5. The molecule has 36 heavy (non-hydrogen) atoms. The predicted molar refractivity (Wildman–Crippen MR) is 139 cm³/mol. The van der Waals surface area contributed by atoms with Crippen LogP contribution in [-0.4, -0.2) is 71.7 Å². The first-order valence-electron chi connectivity index (χ1n) is 11.8. The van der Waals surface area contributed by atoms with Crippen molar-refractivity contribution < 1.29 is 19.4 Å². The minimum Gasteiger partial charge on any atom is -0.492 e. The van der Waals surface area contributed by atoms with Crippen LogP contribution in [0.4, 0.5) is 28.7 Å². The van der Waals surface area contributed by atoms with Gasteiger partial charge >= 0.3 is 0 Å². The molecule has 2 amide bonds. The van der Waals surface area contributed by atoms with E-state index in [1.807, 2.05) is 24.9 Å². The number of nitrogens with zero attached hydrogens (tertiary/aromatic N) is 5. The molecule has 1 fully saturated rings. The number of pyridine rings is 1. The maximum atomic E-state index is 13.0. The number of carbonyl (C=O) groups excluding carboxylic acids is 2. The van der Waals surface area contributed by atoms with Gasteiger partial charge in [0.1, 0.15) is 16.4 Å². The Morgan fingerprint density at radius 2 is 2.06 bits per heavy atom. The Balaban J connectivity index is 1.44. The van der Waals surface area contributed by atoms with Gasteiger partial charge in [0.25, 0.3) is 11.8 Å². The van der Waals surface area contributed by atoms with Crippen LogP contribution < -0.4 is 19.9 Å². The molecule has 1 atom stereocenters. The molecule has 3 aromatic rings. The zero-order valence-electron chi connectivity index (χ0n) is 20.4. The first-order valence-corrected chi connectivity index (χ1v) is 12.7. The first-order chi connectivity index (χ1) is 17.4. The van der Waals surface area contributed by atoms with E-state index in [2.05, 4.69) is 15.3 Å². The molecule has 0 bridgehead atoms. The summed E-state index contributed by atoms with van der Waals surface area (Å²) in [6.45, 7) is 3.28. The lowest BCUT2D eigenvalue weighted by Crippen LogP contribution is -2.42. The Labute approximate surface area is 213 Å². The molecule has 5 rings (SSSR count). The number of aliphatic hydroxyl groups is 1. The van der Waals surface area contributed by atoms with Gasteiger partial charge in [-0.25, -0.2) is 9.97 Å². The van der Waals surface area contributed by atoms with Crippen LogP contribution in [0.1, 0.15) is 39.8 Å². The van der Waals surface area contributed by atoms with Crippen molar-refractivity contribution in [2.24, 2.45) is 0 Å². The van der Waals surface area contributed by atoms with E-state index in [0.29, 0.717) is 65.3 Å². The summed E-state index contributed by atoms with van der Waals surface area (Å²) in [5.74, 6) is 1.44. The molecule has 0 saturated carbocycles. The average Bonchev–Trinajstić information content (AvgIpc) is 3.36. The molecule has 0 aliphatic carbocycles. The third-order valence-electron chi connectivity index (χ3n) is 6.42. The zero-order chi connectivity index (χ0) is 25.4. The number of piperidine rings is 1. The molecule has 11 heteroatoms. The van der Waals surface area contributed by atoms with E-state index in [0.717, 1.165) is 12.1 Å². The molecule has 0 radical (unpaired) electrons. The highest BCUT2D eigenvalue weighted by atomic mass is 32.1. The third kappa shape index (κ3) is 4.35. The van der Waals surface area contributed by atoms with Gasteiger partial charge in [-0.3, -0.25) is 9.59 Å². The maximum absolute atomic E-state index is 13.0. The van der Waals surface area contributed by atoms with Gasteiger partial charge in [-0.15, -0.1) is 11.3 Å². The monoisotopic (exact) mass is 508 g/mol. The van der Waals surface area contributed by atoms with Gasteiger partial charge < -0.3 is 29.9 Å². The predicted octanol–water partition coefficient (Wildman–Crippen LogP) is 3.64. The summed E-state index contributed by atoms with van der Waals surface area (Å²) < 4.78 is 5.85. The summed E-state index contributed by atoms with van der Waals surface area (Å²) in [7, 11) is 3.60. The van der Waals surface area contributed by atoms with Gasteiger partial charge in [-0.1, -0.05) is 0 Å². The van der Waals surface area contributed by atoms with Crippen LogP contribution in [0.3, 0.4) is 0 Å². The Morgan fingerprint density at radius 1 is 1.22 bits per heavy atom. The van der Waals surface area contributed by atoms with Crippen molar-refractivity contribution in [2.75, 3.05) is 48.9 Å². The zero-order valence-corrected chi connectivity index (χ0v) is 21.2. The molecule has 2 aromatic heterocycles. The van der Waals surface area contributed by atoms with Crippen molar-refractivity contribution in [3.8, 4) is 5.75 Å². The molecular formula is C25H28N6O4S. The number of ether oxygens (including phenoxy) is 1. The second kappa shape index (κ2) is 9.75. The number of nitrogens with one attached hydrogen (secondary N) is 1. The van der Waals surface area contributed by atoms with Crippen molar-refractivity contribution in [1.82, 2.24) is 14.9 Å². The highest BCUT2D eigenvalue weighted by molar-refractivity contribution is 7.12. The fraction of sp³-hybridized carbons (Fsp3) is 0.360. The van der Waals surface area contributed by atoms with Crippen molar-refractivity contribution in [1.29, 1.82) is 0 Å². The minimum atomic E-state index is -0.484. The molecule has 2 aliphatic heterocycles. The van der Waals surface area contributed by atoms with Crippen LogP contribution in [-0.2, 0) is 0 Å². The number of aromatic nitrogens is 2. The summed E-state index contributed by atoms with van der Waals surface area (Å²) in [6, 6.07) is 7.12. The van der Waals surface area contributed by atoms with Crippen LogP contribution in [0.2, 0.25) is 0 Å². The molecule has 0 spiro atoms. The molecule has 0 unspecified atom stereocenters. The third-order valence-corrected chi connectivity index (χ3v) is 7.23. The Hall–Kier alpha value is -3.70. The quantitative estimate of drug-likeness (QED) is 0.538. The number of hydrogen-bond acceptors (Lipinski definition) is 9. The lowest BCUT2D eigenvalue weighted by molar-refractivity contribution is 0.0473. The van der Waals surface area contributed by atoms with Gasteiger partial charge in [-0.05, 0) is 38.0 Å². The normalized spacial score (nSPS) is 17.4. The van der Waals surface area contributed by atoms with E-state index in [1.165, 1.54) is 11.3 Å². The average molecular weight is 509 g/mol. The summed E-state index contributed by atoms with van der Waals surface area (Å²) in [5, 5.41) is 13.2. The van der Waals surface area contributed by atoms with E-state index in [4.69, 9.17) is 4.74 Å². The highest BCUT2D eigenvalue weighted by Crippen LogP contribution is 2.41. The number of fused-ring (bicyclic) bond motifs is 2. The van der Waals surface area contributed by atoms with Crippen LogP contribution in [0.5, 0.6) is 5.75 Å². The molecular weight excluding hydrogens is 480 g/mol. The molecule has 2 N–H and O–H groups in total. The number of β-amino-alcohol motifs (C(OH)–C–C–N with tert-alkyl or cyclic N) is 1. The maximum Gasteiger partial charge on any atom is 0.272 e. The summed E-state index contributed by atoms with van der Waals surface area (Å²) >= 11 is 1.31. The van der Waals surface area contributed by atoms with Crippen LogP contribution in [0.25, 0.3) is 0 Å². The fourth-order valence-corrected chi connectivity index (χ4v) is 5.32. The molecule has 4 heterocycles. The van der Waals surface area contributed by atoms with Crippen molar-refractivity contribution in [2.45, 2.75) is 25.9 Å². The number of benzene rings is 1. The summed E-state index contributed by atoms with van der Waals surface area (Å²) in [5.41, 5.74) is 4.29. The minimum absolute atomic E-state index is 0.124.